The lowest BCUT2D eigenvalue weighted by Gasteiger charge is -2.21. The summed E-state index contributed by atoms with van der Waals surface area (Å²) < 4.78 is 11.2. The maximum Gasteiger partial charge on any atom is 0.261 e. The van der Waals surface area contributed by atoms with E-state index in [9.17, 15) is 4.79 Å². The predicted octanol–water partition coefficient (Wildman–Crippen LogP) is 4.29. The number of rotatable bonds is 8. The Morgan fingerprint density at radius 1 is 1.04 bits per heavy atom. The molecular formula is C21H27NO3. The average molecular weight is 341 g/mol. The first-order chi connectivity index (χ1) is 12.1. The summed E-state index contributed by atoms with van der Waals surface area (Å²) in [6.07, 6.45) is 1.02. The van der Waals surface area contributed by atoms with Crippen LogP contribution in [0.3, 0.4) is 0 Å². The van der Waals surface area contributed by atoms with Crippen molar-refractivity contribution in [3.8, 4) is 11.5 Å². The third-order valence-electron chi connectivity index (χ3n) is 4.25. The smallest absolute Gasteiger partial charge is 0.261 e. The first-order valence-corrected chi connectivity index (χ1v) is 8.77. The van der Waals surface area contributed by atoms with Crippen molar-refractivity contribution >= 4 is 5.91 Å². The van der Waals surface area contributed by atoms with Crippen molar-refractivity contribution < 1.29 is 14.3 Å². The molecule has 0 aliphatic carbocycles. The van der Waals surface area contributed by atoms with Crippen LogP contribution < -0.4 is 14.8 Å². The molecule has 2 atom stereocenters. The zero-order chi connectivity index (χ0) is 18.2. The van der Waals surface area contributed by atoms with Crippen LogP contribution in [0.1, 0.15) is 44.4 Å². The maximum absolute atomic E-state index is 12.6. The molecule has 25 heavy (non-hydrogen) atoms. The van der Waals surface area contributed by atoms with Gasteiger partial charge in [0.05, 0.1) is 13.2 Å². The van der Waals surface area contributed by atoms with E-state index in [-0.39, 0.29) is 11.9 Å². The minimum atomic E-state index is -0.561. The average Bonchev–Trinajstić information content (AvgIpc) is 2.66. The third-order valence-corrected chi connectivity index (χ3v) is 4.25. The molecule has 1 amide bonds. The van der Waals surface area contributed by atoms with Gasteiger partial charge < -0.3 is 14.8 Å². The van der Waals surface area contributed by atoms with Crippen molar-refractivity contribution in [2.24, 2.45) is 0 Å². The maximum atomic E-state index is 12.6. The highest BCUT2D eigenvalue weighted by atomic mass is 16.5. The molecule has 2 aromatic carbocycles. The number of amides is 1. The van der Waals surface area contributed by atoms with Gasteiger partial charge in [-0.2, -0.15) is 0 Å². The molecule has 0 heterocycles. The van der Waals surface area contributed by atoms with Crippen LogP contribution in [0.25, 0.3) is 0 Å². The number of carbonyl (C=O) groups is 1. The van der Waals surface area contributed by atoms with Gasteiger partial charge in [-0.15, -0.1) is 0 Å². The van der Waals surface area contributed by atoms with Crippen molar-refractivity contribution in [3.63, 3.8) is 0 Å². The molecule has 0 bridgehead atoms. The number of nitrogens with one attached hydrogen (secondary N) is 1. The van der Waals surface area contributed by atoms with Crippen molar-refractivity contribution in [1.82, 2.24) is 5.32 Å². The van der Waals surface area contributed by atoms with Gasteiger partial charge in [-0.1, -0.05) is 50.2 Å². The minimum absolute atomic E-state index is 0.0753. The van der Waals surface area contributed by atoms with Crippen molar-refractivity contribution in [2.45, 2.75) is 45.8 Å². The molecule has 2 aromatic rings. The number of benzene rings is 2. The van der Waals surface area contributed by atoms with E-state index in [0.29, 0.717) is 17.9 Å². The number of ether oxygens (including phenoxy) is 2. The number of aryl methyl sites for hydroxylation is 1. The molecule has 4 heteroatoms. The van der Waals surface area contributed by atoms with E-state index < -0.39 is 6.10 Å². The molecule has 2 rings (SSSR count). The summed E-state index contributed by atoms with van der Waals surface area (Å²) in [5.74, 6) is 1.07. The van der Waals surface area contributed by atoms with Crippen molar-refractivity contribution in [1.29, 1.82) is 0 Å². The van der Waals surface area contributed by atoms with Crippen LogP contribution in [-0.4, -0.2) is 19.1 Å². The lowest BCUT2D eigenvalue weighted by molar-refractivity contribution is -0.128. The molecule has 0 radical (unpaired) electrons. The van der Waals surface area contributed by atoms with Gasteiger partial charge >= 0.3 is 0 Å². The van der Waals surface area contributed by atoms with E-state index in [1.807, 2.05) is 38.1 Å². The third kappa shape index (κ3) is 4.99. The van der Waals surface area contributed by atoms with Crippen LogP contribution in [0.5, 0.6) is 11.5 Å². The lowest BCUT2D eigenvalue weighted by Crippen LogP contribution is -2.39. The number of hydrogen-bond acceptors (Lipinski definition) is 3. The number of para-hydroxylation sites is 2. The molecule has 4 nitrogen and oxygen atoms in total. The largest absolute Gasteiger partial charge is 0.493 e. The fourth-order valence-electron chi connectivity index (χ4n) is 2.62. The van der Waals surface area contributed by atoms with E-state index in [1.54, 1.807) is 7.11 Å². The molecule has 0 unspecified atom stereocenters. The molecule has 0 spiro atoms. The van der Waals surface area contributed by atoms with Crippen LogP contribution in [-0.2, 0) is 11.2 Å². The predicted molar refractivity (Wildman–Crippen MR) is 100 cm³/mol. The number of methoxy groups -OCH3 is 1. The molecule has 134 valence electrons. The highest BCUT2D eigenvalue weighted by molar-refractivity contribution is 5.81. The summed E-state index contributed by atoms with van der Waals surface area (Å²) in [4.78, 5) is 12.6. The molecule has 0 saturated carbocycles. The second-order valence-electron chi connectivity index (χ2n) is 5.99. The fourth-order valence-corrected chi connectivity index (χ4v) is 2.62. The van der Waals surface area contributed by atoms with Gasteiger partial charge in [0.15, 0.2) is 17.6 Å². The Morgan fingerprint density at radius 2 is 1.68 bits per heavy atom. The Hall–Kier alpha value is -2.49. The van der Waals surface area contributed by atoms with Crippen LogP contribution in [0.2, 0.25) is 0 Å². The van der Waals surface area contributed by atoms with Crippen LogP contribution in [0.15, 0.2) is 48.5 Å². The fraction of sp³-hybridized carbons (Fsp3) is 0.381. The minimum Gasteiger partial charge on any atom is -0.493 e. The Labute approximate surface area is 150 Å². The Balaban J connectivity index is 2.03. The second-order valence-corrected chi connectivity index (χ2v) is 5.99. The number of carbonyl (C=O) groups excluding carboxylic acids is 1. The molecule has 0 aliphatic heterocycles. The SMILES string of the molecule is CCc1ccc([C@H](C)NC(=O)[C@H](CC)Oc2ccccc2OC)cc1. The quantitative estimate of drug-likeness (QED) is 0.779. The first kappa shape index (κ1) is 18.8. The summed E-state index contributed by atoms with van der Waals surface area (Å²) in [7, 11) is 1.59. The van der Waals surface area contributed by atoms with Crippen molar-refractivity contribution in [2.75, 3.05) is 7.11 Å². The summed E-state index contributed by atoms with van der Waals surface area (Å²) in [5.41, 5.74) is 2.37. The van der Waals surface area contributed by atoms with Crippen LogP contribution >= 0.6 is 0 Å². The van der Waals surface area contributed by atoms with Crippen molar-refractivity contribution in [3.05, 3.63) is 59.7 Å². The zero-order valence-corrected chi connectivity index (χ0v) is 15.4. The molecule has 0 aromatic heterocycles. The van der Waals surface area contributed by atoms with Gasteiger partial charge in [0.25, 0.3) is 5.91 Å². The molecule has 0 saturated heterocycles. The van der Waals surface area contributed by atoms with Gasteiger partial charge in [-0.05, 0) is 43.0 Å². The van der Waals surface area contributed by atoms with Gasteiger partial charge in [0.1, 0.15) is 0 Å². The van der Waals surface area contributed by atoms with E-state index in [1.165, 1.54) is 5.56 Å². The summed E-state index contributed by atoms with van der Waals surface area (Å²) in [5, 5.41) is 3.04. The van der Waals surface area contributed by atoms with E-state index >= 15 is 0 Å². The summed E-state index contributed by atoms with van der Waals surface area (Å²) in [6.45, 7) is 6.04. The van der Waals surface area contributed by atoms with Gasteiger partial charge in [0, 0.05) is 0 Å². The zero-order valence-electron chi connectivity index (χ0n) is 15.4. The van der Waals surface area contributed by atoms with Gasteiger partial charge in [-0.25, -0.2) is 0 Å². The summed E-state index contributed by atoms with van der Waals surface area (Å²) >= 11 is 0. The normalized spacial score (nSPS) is 13.0. The first-order valence-electron chi connectivity index (χ1n) is 8.77. The Kier molecular flexibility index (Phi) is 6.87. The second kappa shape index (κ2) is 9.11. The van der Waals surface area contributed by atoms with E-state index in [0.717, 1.165) is 12.0 Å². The van der Waals surface area contributed by atoms with Crippen LogP contribution in [0.4, 0.5) is 0 Å². The highest BCUT2D eigenvalue weighted by Gasteiger charge is 2.21. The van der Waals surface area contributed by atoms with E-state index in [4.69, 9.17) is 9.47 Å². The molecule has 0 fully saturated rings. The van der Waals surface area contributed by atoms with Gasteiger partial charge in [0.2, 0.25) is 0 Å². The standard InChI is InChI=1S/C21H27NO3/c1-5-16-11-13-17(14-12-16)15(3)22-21(23)18(6-2)25-20-10-8-7-9-19(20)24-4/h7-15,18H,5-6H2,1-4H3,(H,22,23)/t15-,18-/m0/s1. The highest BCUT2D eigenvalue weighted by Crippen LogP contribution is 2.27. The Morgan fingerprint density at radius 3 is 2.24 bits per heavy atom. The topological polar surface area (TPSA) is 47.6 Å². The van der Waals surface area contributed by atoms with Gasteiger partial charge in [-0.3, -0.25) is 4.79 Å². The Bertz CT molecular complexity index is 682. The summed E-state index contributed by atoms with van der Waals surface area (Å²) in [6, 6.07) is 15.6. The molecule has 1 N–H and O–H groups in total. The number of hydrogen-bond donors (Lipinski definition) is 1. The molecule has 0 aliphatic rings. The van der Waals surface area contributed by atoms with E-state index in [2.05, 4.69) is 36.5 Å². The van der Waals surface area contributed by atoms with Crippen LogP contribution in [0, 0.1) is 0 Å². The molecular weight excluding hydrogens is 314 g/mol. The lowest BCUT2D eigenvalue weighted by atomic mass is 10.0. The monoisotopic (exact) mass is 341 g/mol.